The lowest BCUT2D eigenvalue weighted by molar-refractivity contribution is 0.1000. The van der Waals surface area contributed by atoms with Crippen molar-refractivity contribution < 1.29 is 9.59 Å². The number of amides is 3. The molecule has 0 unspecified atom stereocenters. The second-order valence-electron chi connectivity index (χ2n) is 6.63. The molecule has 1 aliphatic rings. The Morgan fingerprint density at radius 3 is 2.56 bits per heavy atom. The maximum atomic E-state index is 12.4. The van der Waals surface area contributed by atoms with E-state index in [0.717, 1.165) is 24.3 Å². The van der Waals surface area contributed by atoms with Crippen LogP contribution in [0.5, 0.6) is 0 Å². The zero-order valence-corrected chi connectivity index (χ0v) is 16.0. The molecule has 0 atom stereocenters. The molecular weight excluding hydrogens is 364 g/mol. The maximum absolute atomic E-state index is 12.4. The van der Waals surface area contributed by atoms with Gasteiger partial charge in [0, 0.05) is 49.0 Å². The summed E-state index contributed by atoms with van der Waals surface area (Å²) in [5.74, 6) is -0.476. The van der Waals surface area contributed by atoms with E-state index in [1.165, 1.54) is 5.56 Å². The van der Waals surface area contributed by atoms with Crippen LogP contribution in [0.25, 0.3) is 0 Å². The van der Waals surface area contributed by atoms with Gasteiger partial charge in [-0.25, -0.2) is 4.79 Å². The first kappa shape index (κ1) is 19.0. The number of aryl methyl sites for hydroxylation is 1. The van der Waals surface area contributed by atoms with Gasteiger partial charge in [0.2, 0.25) is 5.91 Å². The predicted molar refractivity (Wildman–Crippen MR) is 107 cm³/mol. The van der Waals surface area contributed by atoms with Crippen molar-refractivity contribution in [3.63, 3.8) is 0 Å². The van der Waals surface area contributed by atoms with E-state index < -0.39 is 5.91 Å². The Kier molecular flexibility index (Phi) is 5.86. The van der Waals surface area contributed by atoms with Gasteiger partial charge >= 0.3 is 6.03 Å². The first-order valence-corrected chi connectivity index (χ1v) is 9.24. The number of nitrogens with one attached hydrogen (secondary N) is 1. The van der Waals surface area contributed by atoms with Gasteiger partial charge < -0.3 is 20.9 Å². The number of rotatable bonds is 4. The number of nitrogens with zero attached hydrogens (tertiary/aromatic N) is 2. The molecule has 142 valence electrons. The van der Waals surface area contributed by atoms with Crippen molar-refractivity contribution in [2.24, 2.45) is 5.73 Å². The van der Waals surface area contributed by atoms with Gasteiger partial charge in [-0.2, -0.15) is 0 Å². The number of nitrogens with two attached hydrogens (primary N) is 1. The molecule has 0 radical (unpaired) electrons. The number of primary amides is 1. The Balaban J connectivity index is 1.53. The minimum atomic E-state index is -0.476. The number of hydrogen-bond acceptors (Lipinski definition) is 3. The molecule has 0 bridgehead atoms. The van der Waals surface area contributed by atoms with Crippen LogP contribution in [0, 0.1) is 6.92 Å². The number of hydrogen-bond donors (Lipinski definition) is 2. The van der Waals surface area contributed by atoms with E-state index in [1.54, 1.807) is 23.1 Å². The molecular formula is C20H23ClN4O2. The van der Waals surface area contributed by atoms with E-state index in [0.29, 0.717) is 30.2 Å². The average molecular weight is 387 g/mol. The van der Waals surface area contributed by atoms with Gasteiger partial charge in [-0.3, -0.25) is 4.79 Å². The van der Waals surface area contributed by atoms with Crippen LogP contribution in [-0.2, 0) is 6.54 Å². The van der Waals surface area contributed by atoms with Crippen LogP contribution in [0.1, 0.15) is 21.5 Å². The topological polar surface area (TPSA) is 78.7 Å². The number of anilines is 1. The molecule has 27 heavy (non-hydrogen) atoms. The molecule has 2 aromatic rings. The maximum Gasteiger partial charge on any atom is 0.317 e. The van der Waals surface area contributed by atoms with Crippen LogP contribution in [0.3, 0.4) is 0 Å². The van der Waals surface area contributed by atoms with Gasteiger partial charge in [-0.1, -0.05) is 29.8 Å². The fourth-order valence-electron chi connectivity index (χ4n) is 3.20. The summed E-state index contributed by atoms with van der Waals surface area (Å²) < 4.78 is 0. The predicted octanol–water partition coefficient (Wildman–Crippen LogP) is 2.78. The average Bonchev–Trinajstić information content (AvgIpc) is 2.68. The highest BCUT2D eigenvalue weighted by Gasteiger charge is 2.22. The molecule has 1 heterocycles. The largest absolute Gasteiger partial charge is 0.368 e. The zero-order chi connectivity index (χ0) is 19.4. The van der Waals surface area contributed by atoms with Crippen molar-refractivity contribution in [2.75, 3.05) is 31.1 Å². The summed E-state index contributed by atoms with van der Waals surface area (Å²) >= 11 is 6.12. The van der Waals surface area contributed by atoms with E-state index in [9.17, 15) is 9.59 Å². The summed E-state index contributed by atoms with van der Waals surface area (Å²) in [7, 11) is 0. The highest BCUT2D eigenvalue weighted by molar-refractivity contribution is 6.30. The molecule has 3 rings (SSSR count). The van der Waals surface area contributed by atoms with Gasteiger partial charge in [-0.05, 0) is 42.3 Å². The van der Waals surface area contributed by atoms with Crippen molar-refractivity contribution in [3.8, 4) is 0 Å². The van der Waals surface area contributed by atoms with Gasteiger partial charge in [0.15, 0.2) is 0 Å². The van der Waals surface area contributed by atoms with Crippen molar-refractivity contribution in [3.05, 3.63) is 64.2 Å². The minimum Gasteiger partial charge on any atom is -0.368 e. The van der Waals surface area contributed by atoms with E-state index >= 15 is 0 Å². The van der Waals surface area contributed by atoms with Crippen molar-refractivity contribution in [2.45, 2.75) is 13.5 Å². The number of carbonyl (C=O) groups is 2. The van der Waals surface area contributed by atoms with Crippen molar-refractivity contribution >= 4 is 29.2 Å². The molecule has 1 aliphatic heterocycles. The molecule has 3 N–H and O–H groups in total. The molecule has 6 nitrogen and oxygen atoms in total. The smallest absolute Gasteiger partial charge is 0.317 e. The highest BCUT2D eigenvalue weighted by Crippen LogP contribution is 2.25. The summed E-state index contributed by atoms with van der Waals surface area (Å²) in [6.07, 6.45) is 0. The van der Waals surface area contributed by atoms with Crippen LogP contribution < -0.4 is 16.0 Å². The standard InChI is InChI=1S/C20H23ClN4O2/c1-14-5-6-17(21)12-18(14)24-7-9-25(10-8-24)20(27)23-13-15-3-2-4-16(11-15)19(22)26/h2-6,11-12H,7-10,13H2,1H3,(H2,22,26)(H,23,27). The molecule has 0 aliphatic carbocycles. The number of piperazine rings is 1. The van der Waals surface area contributed by atoms with Crippen LogP contribution in [0.15, 0.2) is 42.5 Å². The van der Waals surface area contributed by atoms with Crippen molar-refractivity contribution in [1.29, 1.82) is 0 Å². The SMILES string of the molecule is Cc1ccc(Cl)cc1N1CCN(C(=O)NCc2cccc(C(N)=O)c2)CC1. The number of carbonyl (C=O) groups excluding carboxylic acids is 2. The summed E-state index contributed by atoms with van der Waals surface area (Å²) in [5.41, 5.74) is 8.86. The second kappa shape index (κ2) is 8.31. The molecule has 1 saturated heterocycles. The van der Waals surface area contributed by atoms with Crippen molar-refractivity contribution in [1.82, 2.24) is 10.2 Å². The molecule has 0 spiro atoms. The van der Waals surface area contributed by atoms with Gasteiger partial charge in [0.05, 0.1) is 0 Å². The van der Waals surface area contributed by atoms with E-state index in [-0.39, 0.29) is 6.03 Å². The zero-order valence-electron chi connectivity index (χ0n) is 15.2. The fourth-order valence-corrected chi connectivity index (χ4v) is 3.36. The Bertz CT molecular complexity index is 848. The van der Waals surface area contributed by atoms with Gasteiger partial charge in [-0.15, -0.1) is 0 Å². The summed E-state index contributed by atoms with van der Waals surface area (Å²) in [4.78, 5) is 27.7. The lowest BCUT2D eigenvalue weighted by Crippen LogP contribution is -2.51. The monoisotopic (exact) mass is 386 g/mol. The summed E-state index contributed by atoms with van der Waals surface area (Å²) in [6.45, 7) is 5.20. The Labute approximate surface area is 163 Å². The lowest BCUT2D eigenvalue weighted by atomic mass is 10.1. The third-order valence-corrected chi connectivity index (χ3v) is 4.97. The summed E-state index contributed by atoms with van der Waals surface area (Å²) in [5, 5.41) is 3.62. The Morgan fingerprint density at radius 1 is 1.11 bits per heavy atom. The number of urea groups is 1. The molecule has 0 aromatic heterocycles. The molecule has 7 heteroatoms. The Morgan fingerprint density at radius 2 is 1.85 bits per heavy atom. The first-order chi connectivity index (χ1) is 12.9. The van der Waals surface area contributed by atoms with Gasteiger partial charge in [0.1, 0.15) is 0 Å². The summed E-state index contributed by atoms with van der Waals surface area (Å²) in [6, 6.07) is 12.7. The number of halogens is 1. The van der Waals surface area contributed by atoms with Crippen LogP contribution in [-0.4, -0.2) is 43.0 Å². The lowest BCUT2D eigenvalue weighted by Gasteiger charge is -2.36. The molecule has 3 amide bonds. The highest BCUT2D eigenvalue weighted by atomic mass is 35.5. The van der Waals surface area contributed by atoms with Crippen LogP contribution >= 0.6 is 11.6 Å². The first-order valence-electron chi connectivity index (χ1n) is 8.86. The van der Waals surface area contributed by atoms with E-state index in [4.69, 9.17) is 17.3 Å². The normalized spacial score (nSPS) is 14.1. The molecule has 1 fully saturated rings. The Hall–Kier alpha value is -2.73. The third-order valence-electron chi connectivity index (χ3n) is 4.73. The fraction of sp³-hybridized carbons (Fsp3) is 0.300. The number of benzene rings is 2. The van der Waals surface area contributed by atoms with E-state index in [2.05, 4.69) is 17.1 Å². The molecule has 2 aromatic carbocycles. The van der Waals surface area contributed by atoms with Gasteiger partial charge in [0.25, 0.3) is 0 Å². The van der Waals surface area contributed by atoms with Crippen LogP contribution in [0.4, 0.5) is 10.5 Å². The minimum absolute atomic E-state index is 0.109. The molecule has 0 saturated carbocycles. The van der Waals surface area contributed by atoms with Crippen LogP contribution in [0.2, 0.25) is 5.02 Å². The quantitative estimate of drug-likeness (QED) is 0.848. The third kappa shape index (κ3) is 4.71. The second-order valence-corrected chi connectivity index (χ2v) is 7.06. The van der Waals surface area contributed by atoms with E-state index in [1.807, 2.05) is 24.3 Å².